The first-order valence-corrected chi connectivity index (χ1v) is 9.25. The molecule has 128 valence electrons. The summed E-state index contributed by atoms with van der Waals surface area (Å²) in [6.07, 6.45) is 10.8. The summed E-state index contributed by atoms with van der Waals surface area (Å²) in [5, 5.41) is 5.03. The van der Waals surface area contributed by atoms with Crippen molar-refractivity contribution in [2.24, 2.45) is 5.92 Å². The standard InChI is InChI=1S/C25H22O/c26-25(15-11-19-9-13-21-5-1-3-7-23(21)17-19)16-12-20-10-14-22-6-2-4-8-24(22)18-20/h1-9,11,13-15,17-18,20H,10,12,16H2. The molecule has 3 aromatic rings. The third-order valence-corrected chi connectivity index (χ3v) is 5.05. The van der Waals surface area contributed by atoms with Gasteiger partial charge in [-0.2, -0.15) is 0 Å². The van der Waals surface area contributed by atoms with E-state index in [-0.39, 0.29) is 5.78 Å². The van der Waals surface area contributed by atoms with Gasteiger partial charge < -0.3 is 0 Å². The number of benzene rings is 3. The molecule has 1 unspecified atom stereocenters. The highest BCUT2D eigenvalue weighted by atomic mass is 16.1. The summed E-state index contributed by atoms with van der Waals surface area (Å²) in [6, 6.07) is 23.0. The second-order valence-corrected chi connectivity index (χ2v) is 6.94. The SMILES string of the molecule is O=C(C=Cc1ccc2ccccc2c1)CCC1C=c2ccccc2=CC1. The second kappa shape index (κ2) is 7.53. The van der Waals surface area contributed by atoms with Crippen molar-refractivity contribution in [3.63, 3.8) is 0 Å². The van der Waals surface area contributed by atoms with Crippen molar-refractivity contribution in [2.45, 2.75) is 19.3 Å². The number of carbonyl (C=O) groups excluding carboxylic acids is 1. The van der Waals surface area contributed by atoms with Crippen LogP contribution in [0, 0.1) is 5.92 Å². The number of hydrogen-bond donors (Lipinski definition) is 0. The van der Waals surface area contributed by atoms with Crippen LogP contribution in [-0.4, -0.2) is 5.78 Å². The molecular weight excluding hydrogens is 316 g/mol. The van der Waals surface area contributed by atoms with E-state index in [4.69, 9.17) is 0 Å². The highest BCUT2D eigenvalue weighted by molar-refractivity contribution is 5.94. The van der Waals surface area contributed by atoms with Crippen LogP contribution in [0.4, 0.5) is 0 Å². The van der Waals surface area contributed by atoms with E-state index >= 15 is 0 Å². The quantitative estimate of drug-likeness (QED) is 0.627. The van der Waals surface area contributed by atoms with E-state index in [1.807, 2.05) is 18.2 Å². The molecular formula is C25H22O. The molecule has 0 fully saturated rings. The Morgan fingerprint density at radius 1 is 0.923 bits per heavy atom. The van der Waals surface area contributed by atoms with Crippen molar-refractivity contribution >= 4 is 34.8 Å². The average Bonchev–Trinajstić information content (AvgIpc) is 2.70. The molecule has 0 spiro atoms. The summed E-state index contributed by atoms with van der Waals surface area (Å²) in [7, 11) is 0. The molecule has 1 aliphatic carbocycles. The zero-order chi connectivity index (χ0) is 17.8. The van der Waals surface area contributed by atoms with Gasteiger partial charge in [0.05, 0.1) is 0 Å². The molecule has 0 amide bonds. The van der Waals surface area contributed by atoms with Gasteiger partial charge in [0.2, 0.25) is 0 Å². The monoisotopic (exact) mass is 338 g/mol. The molecule has 26 heavy (non-hydrogen) atoms. The van der Waals surface area contributed by atoms with Crippen molar-refractivity contribution < 1.29 is 4.79 Å². The average molecular weight is 338 g/mol. The van der Waals surface area contributed by atoms with Crippen LogP contribution in [0.3, 0.4) is 0 Å². The van der Waals surface area contributed by atoms with Crippen molar-refractivity contribution in [1.29, 1.82) is 0 Å². The molecule has 0 radical (unpaired) electrons. The van der Waals surface area contributed by atoms with Crippen LogP contribution in [0.5, 0.6) is 0 Å². The van der Waals surface area contributed by atoms with Gasteiger partial charge in [-0.1, -0.05) is 78.9 Å². The predicted molar refractivity (Wildman–Crippen MR) is 110 cm³/mol. The van der Waals surface area contributed by atoms with Crippen LogP contribution in [-0.2, 0) is 4.79 Å². The zero-order valence-corrected chi connectivity index (χ0v) is 14.8. The minimum Gasteiger partial charge on any atom is -0.295 e. The molecule has 0 aliphatic heterocycles. The van der Waals surface area contributed by atoms with Gasteiger partial charge in [0.25, 0.3) is 0 Å². The molecule has 0 bridgehead atoms. The molecule has 1 aliphatic rings. The summed E-state index contributed by atoms with van der Waals surface area (Å²) in [5.41, 5.74) is 1.07. The Morgan fingerprint density at radius 3 is 2.58 bits per heavy atom. The summed E-state index contributed by atoms with van der Waals surface area (Å²) in [6.45, 7) is 0. The van der Waals surface area contributed by atoms with Crippen molar-refractivity contribution in [3.8, 4) is 0 Å². The highest BCUT2D eigenvalue weighted by Gasteiger charge is 2.09. The summed E-state index contributed by atoms with van der Waals surface area (Å²) >= 11 is 0. The van der Waals surface area contributed by atoms with Crippen LogP contribution in [0.15, 0.2) is 72.8 Å². The van der Waals surface area contributed by atoms with Gasteiger partial charge >= 0.3 is 0 Å². The molecule has 0 saturated heterocycles. The number of ketones is 1. The van der Waals surface area contributed by atoms with Crippen molar-refractivity contribution in [1.82, 2.24) is 0 Å². The van der Waals surface area contributed by atoms with Gasteiger partial charge in [0, 0.05) is 6.42 Å². The summed E-state index contributed by atoms with van der Waals surface area (Å²) in [5.74, 6) is 0.660. The number of rotatable bonds is 5. The van der Waals surface area contributed by atoms with Crippen LogP contribution < -0.4 is 10.4 Å². The Kier molecular flexibility index (Phi) is 4.79. The minimum atomic E-state index is 0.199. The van der Waals surface area contributed by atoms with Crippen molar-refractivity contribution in [2.75, 3.05) is 0 Å². The molecule has 0 saturated carbocycles. The second-order valence-electron chi connectivity index (χ2n) is 6.94. The first-order chi connectivity index (χ1) is 12.8. The first-order valence-electron chi connectivity index (χ1n) is 9.25. The fourth-order valence-corrected chi connectivity index (χ4v) is 3.56. The molecule has 0 N–H and O–H groups in total. The Labute approximate surface area is 154 Å². The van der Waals surface area contributed by atoms with Gasteiger partial charge in [-0.25, -0.2) is 0 Å². The fourth-order valence-electron chi connectivity index (χ4n) is 3.56. The lowest BCUT2D eigenvalue weighted by Crippen LogP contribution is -2.28. The van der Waals surface area contributed by atoms with Gasteiger partial charge in [-0.05, 0) is 57.7 Å². The molecule has 0 aromatic heterocycles. The predicted octanol–water partition coefficient (Wildman–Crippen LogP) is 4.48. The Balaban J connectivity index is 1.38. The first kappa shape index (κ1) is 16.5. The number of fused-ring (bicyclic) bond motifs is 2. The molecule has 1 atom stereocenters. The number of carbonyl (C=O) groups is 1. The normalized spacial score (nSPS) is 16.1. The number of allylic oxidation sites excluding steroid dienone is 1. The lowest BCUT2D eigenvalue weighted by molar-refractivity contribution is -0.114. The Morgan fingerprint density at radius 2 is 1.69 bits per heavy atom. The van der Waals surface area contributed by atoms with Crippen LogP contribution in [0.25, 0.3) is 29.0 Å². The zero-order valence-electron chi connectivity index (χ0n) is 14.8. The Hall–Kier alpha value is -2.93. The van der Waals surface area contributed by atoms with E-state index in [1.54, 1.807) is 6.08 Å². The van der Waals surface area contributed by atoms with E-state index in [2.05, 4.69) is 66.7 Å². The lowest BCUT2D eigenvalue weighted by atomic mass is 9.92. The topological polar surface area (TPSA) is 17.1 Å². The number of hydrogen-bond acceptors (Lipinski definition) is 1. The van der Waals surface area contributed by atoms with Crippen LogP contribution in [0.1, 0.15) is 24.8 Å². The molecule has 1 nitrogen and oxygen atoms in total. The van der Waals surface area contributed by atoms with Gasteiger partial charge in [0.1, 0.15) is 0 Å². The maximum absolute atomic E-state index is 12.3. The maximum Gasteiger partial charge on any atom is 0.155 e. The highest BCUT2D eigenvalue weighted by Crippen LogP contribution is 2.18. The van der Waals surface area contributed by atoms with E-state index in [1.165, 1.54) is 21.2 Å². The smallest absolute Gasteiger partial charge is 0.155 e. The third-order valence-electron chi connectivity index (χ3n) is 5.05. The minimum absolute atomic E-state index is 0.199. The van der Waals surface area contributed by atoms with E-state index in [9.17, 15) is 4.79 Å². The largest absolute Gasteiger partial charge is 0.295 e. The molecule has 0 heterocycles. The lowest BCUT2D eigenvalue weighted by Gasteiger charge is -2.12. The summed E-state index contributed by atoms with van der Waals surface area (Å²) in [4.78, 5) is 12.3. The maximum atomic E-state index is 12.3. The Bertz CT molecular complexity index is 1090. The molecule has 1 heteroatoms. The van der Waals surface area contributed by atoms with Gasteiger partial charge in [0.15, 0.2) is 5.78 Å². The van der Waals surface area contributed by atoms with E-state index in [0.29, 0.717) is 12.3 Å². The van der Waals surface area contributed by atoms with E-state index in [0.717, 1.165) is 18.4 Å². The van der Waals surface area contributed by atoms with Crippen LogP contribution >= 0.6 is 0 Å². The molecule has 3 aromatic carbocycles. The van der Waals surface area contributed by atoms with Crippen molar-refractivity contribution in [3.05, 3.63) is 88.8 Å². The third kappa shape index (κ3) is 3.83. The summed E-state index contributed by atoms with van der Waals surface area (Å²) < 4.78 is 0. The van der Waals surface area contributed by atoms with Crippen LogP contribution in [0.2, 0.25) is 0 Å². The van der Waals surface area contributed by atoms with Gasteiger partial charge in [-0.3, -0.25) is 4.79 Å². The van der Waals surface area contributed by atoms with E-state index < -0.39 is 0 Å². The van der Waals surface area contributed by atoms with Gasteiger partial charge in [-0.15, -0.1) is 0 Å². The fraction of sp³-hybridized carbons (Fsp3) is 0.160. The molecule has 4 rings (SSSR count).